The smallest absolute Gasteiger partial charge is 0.130 e. The Kier molecular flexibility index (Phi) is 4.83. The van der Waals surface area contributed by atoms with Gasteiger partial charge in [-0.3, -0.25) is 4.68 Å². The number of hydrogen-bond acceptors (Lipinski definition) is 3. The van der Waals surface area contributed by atoms with Crippen molar-refractivity contribution in [3.8, 4) is 5.75 Å². The molecule has 4 nitrogen and oxygen atoms in total. The predicted octanol–water partition coefficient (Wildman–Crippen LogP) is 3.61. The topological polar surface area (TPSA) is 47.3 Å². The number of ether oxygens (including phenoxy) is 1. The summed E-state index contributed by atoms with van der Waals surface area (Å²) in [6.45, 7) is 7.00. The Morgan fingerprint density at radius 3 is 2.80 bits per heavy atom. The van der Waals surface area contributed by atoms with Gasteiger partial charge in [0.05, 0.1) is 17.5 Å². The fourth-order valence-electron chi connectivity index (χ4n) is 2.12. The molecule has 5 heteroatoms. The van der Waals surface area contributed by atoms with E-state index < -0.39 is 6.10 Å². The number of aryl methyl sites for hydroxylation is 2. The van der Waals surface area contributed by atoms with Gasteiger partial charge < -0.3 is 9.84 Å². The van der Waals surface area contributed by atoms with Gasteiger partial charge in [0, 0.05) is 16.6 Å². The minimum Gasteiger partial charge on any atom is -0.487 e. The van der Waals surface area contributed by atoms with Crippen LogP contribution in [0.4, 0.5) is 0 Å². The monoisotopic (exact) mass is 338 g/mol. The molecule has 0 bridgehead atoms. The normalized spacial score (nSPS) is 12.4. The molecule has 0 aliphatic carbocycles. The molecule has 1 aromatic heterocycles. The van der Waals surface area contributed by atoms with Crippen molar-refractivity contribution in [3.63, 3.8) is 0 Å². The quantitative estimate of drug-likeness (QED) is 0.905. The molecule has 2 rings (SSSR count). The largest absolute Gasteiger partial charge is 0.487 e. The molecule has 1 aromatic carbocycles. The number of aliphatic hydroxyl groups is 1. The van der Waals surface area contributed by atoms with Gasteiger partial charge in [-0.2, -0.15) is 5.10 Å². The van der Waals surface area contributed by atoms with Crippen LogP contribution in [0.1, 0.15) is 36.9 Å². The average Bonchev–Trinajstić information content (AvgIpc) is 2.76. The highest BCUT2D eigenvalue weighted by Crippen LogP contribution is 2.29. The highest BCUT2D eigenvalue weighted by atomic mass is 79.9. The van der Waals surface area contributed by atoms with Crippen LogP contribution >= 0.6 is 15.9 Å². The minimum absolute atomic E-state index is 0.435. The van der Waals surface area contributed by atoms with Crippen LogP contribution in [0, 0.1) is 6.92 Å². The zero-order chi connectivity index (χ0) is 14.7. The highest BCUT2D eigenvalue weighted by molar-refractivity contribution is 9.10. The van der Waals surface area contributed by atoms with Crippen LogP contribution in [-0.4, -0.2) is 14.9 Å². The summed E-state index contributed by atoms with van der Waals surface area (Å²) in [4.78, 5) is 0. The Morgan fingerprint density at radius 2 is 2.15 bits per heavy atom. The molecule has 1 unspecified atom stereocenters. The van der Waals surface area contributed by atoms with Crippen molar-refractivity contribution < 1.29 is 9.84 Å². The summed E-state index contributed by atoms with van der Waals surface area (Å²) in [7, 11) is 0. The van der Waals surface area contributed by atoms with Crippen LogP contribution in [-0.2, 0) is 13.2 Å². The molecular weight excluding hydrogens is 320 g/mol. The summed E-state index contributed by atoms with van der Waals surface area (Å²) in [5.74, 6) is 0.691. The van der Waals surface area contributed by atoms with E-state index >= 15 is 0 Å². The molecule has 20 heavy (non-hydrogen) atoms. The van der Waals surface area contributed by atoms with Gasteiger partial charge in [-0.15, -0.1) is 0 Å². The zero-order valence-corrected chi connectivity index (χ0v) is 13.5. The molecule has 0 saturated carbocycles. The van der Waals surface area contributed by atoms with E-state index in [2.05, 4.69) is 28.0 Å². The van der Waals surface area contributed by atoms with E-state index in [9.17, 15) is 5.11 Å². The summed E-state index contributed by atoms with van der Waals surface area (Å²) < 4.78 is 8.72. The number of nitrogens with zero attached hydrogens (tertiary/aromatic N) is 2. The van der Waals surface area contributed by atoms with E-state index in [0.29, 0.717) is 12.4 Å². The second-order valence-electron chi connectivity index (χ2n) is 4.74. The molecular formula is C15H19BrN2O2. The molecule has 0 radical (unpaired) electrons. The number of rotatable bonds is 5. The summed E-state index contributed by atoms with van der Waals surface area (Å²) in [5, 5.41) is 14.2. The van der Waals surface area contributed by atoms with Gasteiger partial charge >= 0.3 is 0 Å². The Balaban J connectivity index is 2.20. The number of halogens is 1. The molecule has 0 fully saturated rings. The van der Waals surface area contributed by atoms with Crippen LogP contribution in [0.2, 0.25) is 0 Å². The van der Waals surface area contributed by atoms with Gasteiger partial charge in [0.15, 0.2) is 0 Å². The van der Waals surface area contributed by atoms with Crippen molar-refractivity contribution in [3.05, 3.63) is 45.7 Å². The fourth-order valence-corrected chi connectivity index (χ4v) is 2.46. The zero-order valence-electron chi connectivity index (χ0n) is 11.9. The maximum absolute atomic E-state index is 9.78. The highest BCUT2D eigenvalue weighted by Gasteiger charge is 2.11. The molecule has 0 saturated heterocycles. The molecule has 108 valence electrons. The summed E-state index contributed by atoms with van der Waals surface area (Å²) >= 11 is 3.42. The fraction of sp³-hybridized carbons (Fsp3) is 0.400. The van der Waals surface area contributed by atoms with Gasteiger partial charge in [0.1, 0.15) is 12.4 Å². The van der Waals surface area contributed by atoms with Crippen LogP contribution < -0.4 is 4.74 Å². The molecule has 1 N–H and O–H groups in total. The molecule has 1 heterocycles. The van der Waals surface area contributed by atoms with Crippen LogP contribution in [0.3, 0.4) is 0 Å². The number of benzene rings is 1. The van der Waals surface area contributed by atoms with Crippen molar-refractivity contribution in [2.24, 2.45) is 0 Å². The van der Waals surface area contributed by atoms with E-state index in [-0.39, 0.29) is 0 Å². The molecule has 2 aromatic rings. The maximum Gasteiger partial charge on any atom is 0.130 e. The second-order valence-corrected chi connectivity index (χ2v) is 5.66. The van der Waals surface area contributed by atoms with E-state index in [1.54, 1.807) is 6.92 Å². The standard InChI is InChI=1S/C15H19BrN2O2/c1-4-18-13(7-10(2)17-18)9-20-15-8-12(16)5-6-14(15)11(3)19/h5-8,11,19H,4,9H2,1-3H3. The molecule has 0 aliphatic rings. The minimum atomic E-state index is -0.559. The second kappa shape index (κ2) is 6.41. The number of hydrogen-bond donors (Lipinski definition) is 1. The van der Waals surface area contributed by atoms with E-state index in [4.69, 9.17) is 4.74 Å². The third-order valence-electron chi connectivity index (χ3n) is 3.09. The van der Waals surface area contributed by atoms with Crippen LogP contribution in [0.15, 0.2) is 28.7 Å². The number of aromatic nitrogens is 2. The van der Waals surface area contributed by atoms with Gasteiger partial charge in [0.25, 0.3) is 0 Å². The predicted molar refractivity (Wildman–Crippen MR) is 81.7 cm³/mol. The number of aliphatic hydroxyl groups excluding tert-OH is 1. The SMILES string of the molecule is CCn1nc(C)cc1COc1cc(Br)ccc1C(C)O. The lowest BCUT2D eigenvalue weighted by Gasteiger charge is -2.14. The lowest BCUT2D eigenvalue weighted by atomic mass is 10.1. The van der Waals surface area contributed by atoms with E-state index in [0.717, 1.165) is 28.0 Å². The first-order valence-corrected chi connectivity index (χ1v) is 7.44. The van der Waals surface area contributed by atoms with Crippen molar-refractivity contribution in [1.29, 1.82) is 0 Å². The Hall–Kier alpha value is -1.33. The van der Waals surface area contributed by atoms with Crippen LogP contribution in [0.5, 0.6) is 5.75 Å². The first-order valence-electron chi connectivity index (χ1n) is 6.65. The molecule has 0 spiro atoms. The lowest BCUT2D eigenvalue weighted by molar-refractivity contribution is 0.189. The van der Waals surface area contributed by atoms with Gasteiger partial charge in [-0.05, 0) is 39.0 Å². The Morgan fingerprint density at radius 1 is 1.40 bits per heavy atom. The van der Waals surface area contributed by atoms with Gasteiger partial charge in [-0.1, -0.05) is 22.0 Å². The van der Waals surface area contributed by atoms with Gasteiger partial charge in [-0.25, -0.2) is 0 Å². The average molecular weight is 339 g/mol. The van der Waals surface area contributed by atoms with Crippen molar-refractivity contribution in [1.82, 2.24) is 9.78 Å². The molecule has 0 amide bonds. The third-order valence-corrected chi connectivity index (χ3v) is 3.58. The molecule has 1 atom stereocenters. The van der Waals surface area contributed by atoms with Crippen molar-refractivity contribution in [2.45, 2.75) is 40.0 Å². The first kappa shape index (κ1) is 15.1. The van der Waals surface area contributed by atoms with Crippen molar-refractivity contribution >= 4 is 15.9 Å². The van der Waals surface area contributed by atoms with Crippen molar-refractivity contribution in [2.75, 3.05) is 0 Å². The maximum atomic E-state index is 9.78. The Bertz CT molecular complexity index is 594. The third kappa shape index (κ3) is 3.41. The Labute approximate surface area is 127 Å². The lowest BCUT2D eigenvalue weighted by Crippen LogP contribution is -2.07. The van der Waals surface area contributed by atoms with E-state index in [1.165, 1.54) is 0 Å². The molecule has 0 aliphatic heterocycles. The summed E-state index contributed by atoms with van der Waals surface area (Å²) in [5.41, 5.74) is 2.80. The van der Waals surface area contributed by atoms with Crippen LogP contribution in [0.25, 0.3) is 0 Å². The summed E-state index contributed by atoms with van der Waals surface area (Å²) in [6, 6.07) is 7.66. The summed E-state index contributed by atoms with van der Waals surface area (Å²) in [6.07, 6.45) is -0.559. The van der Waals surface area contributed by atoms with E-state index in [1.807, 2.05) is 35.9 Å². The van der Waals surface area contributed by atoms with Gasteiger partial charge in [0.2, 0.25) is 0 Å². The first-order chi connectivity index (χ1) is 9.51.